The van der Waals surface area contributed by atoms with Crippen molar-refractivity contribution in [3.05, 3.63) is 23.8 Å². The van der Waals surface area contributed by atoms with E-state index in [9.17, 15) is 8.78 Å². The molecule has 0 atom stereocenters. The molecule has 0 radical (unpaired) electrons. The summed E-state index contributed by atoms with van der Waals surface area (Å²) in [6.07, 6.45) is 0.653. The number of benzene rings is 1. The quantitative estimate of drug-likeness (QED) is 0.836. The van der Waals surface area contributed by atoms with Gasteiger partial charge in [-0.3, -0.25) is 0 Å². The Kier molecular flexibility index (Phi) is 4.28. The molecule has 0 saturated carbocycles. The second kappa shape index (κ2) is 5.31. The molecular weight excluding hydrogens is 226 g/mol. The molecule has 0 heterocycles. The molecule has 0 saturated heterocycles. The molecule has 96 valence electrons. The number of halogens is 2. The average Bonchev–Trinajstić information content (AvgIpc) is 2.20. The van der Waals surface area contributed by atoms with Gasteiger partial charge in [-0.05, 0) is 20.3 Å². The first-order valence-corrected chi connectivity index (χ1v) is 5.39. The van der Waals surface area contributed by atoms with Gasteiger partial charge >= 0.3 is 0 Å². The minimum atomic E-state index is -0.594. The molecule has 0 bridgehead atoms. The van der Waals surface area contributed by atoms with Crippen molar-refractivity contribution in [1.82, 2.24) is 0 Å². The summed E-state index contributed by atoms with van der Waals surface area (Å²) in [4.78, 5) is 0. The number of rotatable bonds is 5. The van der Waals surface area contributed by atoms with E-state index in [2.05, 4.69) is 10.1 Å². The van der Waals surface area contributed by atoms with Crippen molar-refractivity contribution in [2.75, 3.05) is 19.0 Å². The van der Waals surface area contributed by atoms with Crippen molar-refractivity contribution in [1.29, 1.82) is 0 Å². The fourth-order valence-corrected chi connectivity index (χ4v) is 1.34. The van der Waals surface area contributed by atoms with Gasteiger partial charge in [0.15, 0.2) is 11.6 Å². The number of nitrogens with two attached hydrogens (primary N) is 1. The highest BCUT2D eigenvalue weighted by Gasteiger charge is 2.12. The van der Waals surface area contributed by atoms with Gasteiger partial charge in [0.2, 0.25) is 0 Å². The zero-order chi connectivity index (χ0) is 13.1. The molecule has 0 aliphatic rings. The van der Waals surface area contributed by atoms with Crippen LogP contribution in [0.4, 0.5) is 14.5 Å². The lowest BCUT2D eigenvalue weighted by Crippen LogP contribution is -2.34. The second-order valence-electron chi connectivity index (χ2n) is 4.63. The fourth-order valence-electron chi connectivity index (χ4n) is 1.34. The highest BCUT2D eigenvalue weighted by molar-refractivity contribution is 5.48. The van der Waals surface area contributed by atoms with E-state index >= 15 is 0 Å². The van der Waals surface area contributed by atoms with Crippen LogP contribution < -0.4 is 15.8 Å². The van der Waals surface area contributed by atoms with Gasteiger partial charge in [0, 0.05) is 24.2 Å². The largest absolute Gasteiger partial charge is 0.494 e. The Balaban J connectivity index is 2.69. The number of methoxy groups -OCH3 is 1. The Hall–Kier alpha value is -1.36. The van der Waals surface area contributed by atoms with Gasteiger partial charge in [-0.25, -0.2) is 8.78 Å². The third-order valence-corrected chi connectivity index (χ3v) is 2.33. The van der Waals surface area contributed by atoms with Crippen molar-refractivity contribution in [3.63, 3.8) is 0 Å². The molecule has 0 aliphatic heterocycles. The van der Waals surface area contributed by atoms with Crippen LogP contribution in [0, 0.1) is 11.6 Å². The highest BCUT2D eigenvalue weighted by atomic mass is 19.1. The van der Waals surface area contributed by atoms with Crippen LogP contribution in [0.2, 0.25) is 0 Å². The molecule has 1 rings (SSSR count). The number of nitrogens with one attached hydrogen (secondary N) is 1. The van der Waals surface area contributed by atoms with E-state index in [-0.39, 0.29) is 17.0 Å². The number of hydrogen-bond donors (Lipinski definition) is 2. The van der Waals surface area contributed by atoms with E-state index in [1.165, 1.54) is 7.11 Å². The predicted molar refractivity (Wildman–Crippen MR) is 64.3 cm³/mol. The average molecular weight is 244 g/mol. The zero-order valence-electron chi connectivity index (χ0n) is 10.3. The zero-order valence-corrected chi connectivity index (χ0v) is 10.3. The third kappa shape index (κ3) is 4.19. The lowest BCUT2D eigenvalue weighted by Gasteiger charge is -2.19. The van der Waals surface area contributed by atoms with Crippen molar-refractivity contribution in [2.45, 2.75) is 25.8 Å². The Labute approximate surface area is 100.0 Å². The maximum absolute atomic E-state index is 13.5. The summed E-state index contributed by atoms with van der Waals surface area (Å²) >= 11 is 0. The normalized spacial score (nSPS) is 11.4. The van der Waals surface area contributed by atoms with Crippen LogP contribution in [-0.4, -0.2) is 19.2 Å². The van der Waals surface area contributed by atoms with Crippen LogP contribution in [0.3, 0.4) is 0 Å². The Bertz CT molecular complexity index is 389. The minimum absolute atomic E-state index is 0.104. The van der Waals surface area contributed by atoms with Crippen LogP contribution in [0.25, 0.3) is 0 Å². The Morgan fingerprint density at radius 3 is 2.47 bits per heavy atom. The molecule has 3 N–H and O–H groups in total. The van der Waals surface area contributed by atoms with E-state index in [4.69, 9.17) is 5.73 Å². The van der Waals surface area contributed by atoms with Crippen LogP contribution in [0.1, 0.15) is 20.3 Å². The van der Waals surface area contributed by atoms with E-state index in [1.54, 1.807) is 0 Å². The molecule has 0 amide bonds. The van der Waals surface area contributed by atoms with Gasteiger partial charge in [-0.2, -0.15) is 0 Å². The molecule has 1 aromatic carbocycles. The summed E-state index contributed by atoms with van der Waals surface area (Å²) in [7, 11) is 1.29. The van der Waals surface area contributed by atoms with Crippen LogP contribution >= 0.6 is 0 Å². The van der Waals surface area contributed by atoms with Gasteiger partial charge in [0.05, 0.1) is 12.8 Å². The molecule has 0 aliphatic carbocycles. The van der Waals surface area contributed by atoms with Crippen LogP contribution in [0.15, 0.2) is 12.1 Å². The fraction of sp³-hybridized carbons (Fsp3) is 0.500. The first-order valence-electron chi connectivity index (χ1n) is 5.39. The molecule has 1 aromatic rings. The Morgan fingerprint density at radius 2 is 1.94 bits per heavy atom. The van der Waals surface area contributed by atoms with Gasteiger partial charge < -0.3 is 15.8 Å². The topological polar surface area (TPSA) is 47.3 Å². The standard InChI is InChI=1S/C12H18F2N2O/c1-12(2,15)4-5-16-10-6-9(14)11(17-3)7-8(10)13/h6-7,16H,4-5,15H2,1-3H3. The second-order valence-corrected chi connectivity index (χ2v) is 4.63. The summed E-state index contributed by atoms with van der Waals surface area (Å²) in [5.41, 5.74) is 5.56. The van der Waals surface area contributed by atoms with Gasteiger partial charge in [0.25, 0.3) is 0 Å². The summed E-state index contributed by atoms with van der Waals surface area (Å²) in [5, 5.41) is 2.81. The van der Waals surface area contributed by atoms with Crippen LogP contribution in [0.5, 0.6) is 5.75 Å². The van der Waals surface area contributed by atoms with Crippen molar-refractivity contribution < 1.29 is 13.5 Å². The first kappa shape index (κ1) is 13.7. The van der Waals surface area contributed by atoms with Gasteiger partial charge in [0.1, 0.15) is 5.82 Å². The number of hydrogen-bond acceptors (Lipinski definition) is 3. The summed E-state index contributed by atoms with van der Waals surface area (Å²) < 4.78 is 31.5. The lowest BCUT2D eigenvalue weighted by atomic mass is 10.0. The van der Waals surface area contributed by atoms with Crippen molar-refractivity contribution in [2.24, 2.45) is 5.73 Å². The van der Waals surface area contributed by atoms with E-state index < -0.39 is 11.6 Å². The minimum Gasteiger partial charge on any atom is -0.494 e. The summed E-state index contributed by atoms with van der Waals surface area (Å²) in [6, 6.07) is 2.10. The monoisotopic (exact) mass is 244 g/mol. The molecule has 3 nitrogen and oxygen atoms in total. The SMILES string of the molecule is COc1cc(F)c(NCCC(C)(C)N)cc1F. The number of anilines is 1. The Morgan fingerprint density at radius 1 is 1.29 bits per heavy atom. The first-order chi connectivity index (χ1) is 7.83. The van der Waals surface area contributed by atoms with Crippen LogP contribution in [-0.2, 0) is 0 Å². The smallest absolute Gasteiger partial charge is 0.167 e. The highest BCUT2D eigenvalue weighted by Crippen LogP contribution is 2.24. The maximum atomic E-state index is 13.5. The molecule has 17 heavy (non-hydrogen) atoms. The van der Waals surface area contributed by atoms with Crippen molar-refractivity contribution in [3.8, 4) is 5.75 Å². The molecule has 5 heteroatoms. The molecule has 0 fully saturated rings. The van der Waals surface area contributed by atoms with E-state index in [0.29, 0.717) is 13.0 Å². The van der Waals surface area contributed by atoms with E-state index in [1.807, 2.05) is 13.8 Å². The predicted octanol–water partition coefficient (Wildman–Crippen LogP) is 2.51. The molecule has 0 unspecified atom stereocenters. The molecular formula is C12H18F2N2O. The van der Waals surface area contributed by atoms with Gasteiger partial charge in [-0.1, -0.05) is 0 Å². The summed E-state index contributed by atoms with van der Waals surface area (Å²) in [6.45, 7) is 4.23. The lowest BCUT2D eigenvalue weighted by molar-refractivity contribution is 0.383. The maximum Gasteiger partial charge on any atom is 0.167 e. The molecule has 0 spiro atoms. The number of ether oxygens (including phenoxy) is 1. The third-order valence-electron chi connectivity index (χ3n) is 2.33. The molecule has 0 aromatic heterocycles. The van der Waals surface area contributed by atoms with Crippen molar-refractivity contribution >= 4 is 5.69 Å². The summed E-state index contributed by atoms with van der Waals surface area (Å²) in [5.74, 6) is -1.24. The van der Waals surface area contributed by atoms with E-state index in [0.717, 1.165) is 12.1 Å². The van der Waals surface area contributed by atoms with Gasteiger partial charge in [-0.15, -0.1) is 0 Å².